The highest BCUT2D eigenvalue weighted by Crippen LogP contribution is 2.06. The van der Waals surface area contributed by atoms with Crippen molar-refractivity contribution in [1.29, 1.82) is 0 Å². The van der Waals surface area contributed by atoms with Crippen LogP contribution in [0.1, 0.15) is 27.2 Å². The van der Waals surface area contributed by atoms with Crippen molar-refractivity contribution in [2.45, 2.75) is 38.8 Å². The zero-order valence-corrected chi connectivity index (χ0v) is 12.3. The summed E-state index contributed by atoms with van der Waals surface area (Å²) in [4.78, 5) is 13.7. The van der Waals surface area contributed by atoms with Crippen LogP contribution in [0.2, 0.25) is 0 Å². The third-order valence-electron chi connectivity index (χ3n) is 2.78. The Labute approximate surface area is 115 Å². The summed E-state index contributed by atoms with van der Waals surface area (Å²) >= 11 is 0. The maximum absolute atomic E-state index is 11.4. The van der Waals surface area contributed by atoms with Gasteiger partial charge in [-0.1, -0.05) is 0 Å². The summed E-state index contributed by atoms with van der Waals surface area (Å²) in [5.41, 5.74) is 5.59. The number of carbonyl (C=O) groups excluding carboxylic acids is 1. The topological polar surface area (TPSA) is 76.8 Å². The van der Waals surface area contributed by atoms with Crippen LogP contribution in [0.25, 0.3) is 0 Å². The number of nitrogens with one attached hydrogen (secondary N) is 1. The molecular weight excluding hydrogens is 246 g/mol. The molecule has 0 aromatic rings. The monoisotopic (exact) mass is 273 g/mol. The van der Waals surface area contributed by atoms with Crippen molar-refractivity contribution in [2.24, 2.45) is 5.73 Å². The van der Waals surface area contributed by atoms with Crippen molar-refractivity contribution in [1.82, 2.24) is 10.2 Å². The number of nitrogens with zero attached hydrogens (tertiary/aromatic N) is 1. The van der Waals surface area contributed by atoms with E-state index in [1.807, 2.05) is 20.8 Å². The van der Waals surface area contributed by atoms with Gasteiger partial charge in [0, 0.05) is 32.2 Å². The molecule has 1 amide bonds. The molecule has 1 fully saturated rings. The van der Waals surface area contributed by atoms with Crippen molar-refractivity contribution in [3.63, 3.8) is 0 Å². The molecule has 0 radical (unpaired) electrons. The highest BCUT2D eigenvalue weighted by atomic mass is 16.6. The molecule has 0 aromatic carbocycles. The number of alkyl carbamates (subject to hydrolysis) is 1. The van der Waals surface area contributed by atoms with Gasteiger partial charge >= 0.3 is 6.09 Å². The van der Waals surface area contributed by atoms with Gasteiger partial charge in [-0.25, -0.2) is 4.79 Å². The summed E-state index contributed by atoms with van der Waals surface area (Å²) in [5.74, 6) is 0. The molecule has 0 aliphatic carbocycles. The van der Waals surface area contributed by atoms with Crippen molar-refractivity contribution < 1.29 is 14.3 Å². The first-order valence-corrected chi connectivity index (χ1v) is 6.89. The summed E-state index contributed by atoms with van der Waals surface area (Å²) in [6, 6.07) is 0.0630. The van der Waals surface area contributed by atoms with E-state index < -0.39 is 5.60 Å². The van der Waals surface area contributed by atoms with Crippen LogP contribution in [-0.4, -0.2) is 62.0 Å². The van der Waals surface area contributed by atoms with Crippen LogP contribution in [0.5, 0.6) is 0 Å². The van der Waals surface area contributed by atoms with Crippen LogP contribution in [0.15, 0.2) is 0 Å². The first kappa shape index (κ1) is 16.2. The number of morpholine rings is 1. The molecule has 0 aromatic heterocycles. The van der Waals surface area contributed by atoms with E-state index in [1.54, 1.807) is 0 Å². The Bertz CT molecular complexity index is 273. The predicted molar refractivity (Wildman–Crippen MR) is 74.1 cm³/mol. The highest BCUT2D eigenvalue weighted by molar-refractivity contribution is 5.67. The molecule has 1 heterocycles. The fraction of sp³-hybridized carbons (Fsp3) is 0.923. The number of carbonyl (C=O) groups is 1. The Morgan fingerprint density at radius 2 is 2.05 bits per heavy atom. The number of amides is 1. The quantitative estimate of drug-likeness (QED) is 0.765. The van der Waals surface area contributed by atoms with E-state index in [9.17, 15) is 4.79 Å². The van der Waals surface area contributed by atoms with E-state index >= 15 is 0 Å². The average Bonchev–Trinajstić information content (AvgIpc) is 2.27. The lowest BCUT2D eigenvalue weighted by Gasteiger charge is -2.29. The van der Waals surface area contributed by atoms with Gasteiger partial charge in [0.05, 0.1) is 13.2 Å². The predicted octanol–water partition coefficient (Wildman–Crippen LogP) is 0.561. The molecule has 6 nitrogen and oxygen atoms in total. The second-order valence-corrected chi connectivity index (χ2v) is 5.89. The van der Waals surface area contributed by atoms with Crippen LogP contribution in [0.4, 0.5) is 4.79 Å². The van der Waals surface area contributed by atoms with Crippen molar-refractivity contribution in [2.75, 3.05) is 39.4 Å². The number of nitrogens with two attached hydrogens (primary N) is 1. The minimum absolute atomic E-state index is 0.0630. The first-order chi connectivity index (χ1) is 8.87. The molecule has 0 spiro atoms. The van der Waals surface area contributed by atoms with Crippen LogP contribution < -0.4 is 11.1 Å². The van der Waals surface area contributed by atoms with Crippen LogP contribution in [0, 0.1) is 0 Å². The molecule has 0 bridgehead atoms. The van der Waals surface area contributed by atoms with Gasteiger partial charge in [0.25, 0.3) is 0 Å². The van der Waals surface area contributed by atoms with Gasteiger partial charge in [0.1, 0.15) is 5.60 Å². The van der Waals surface area contributed by atoms with Crippen LogP contribution in [0.3, 0.4) is 0 Å². The van der Waals surface area contributed by atoms with Gasteiger partial charge in [0.15, 0.2) is 0 Å². The van der Waals surface area contributed by atoms with Gasteiger partial charge < -0.3 is 20.5 Å². The molecular formula is C13H27N3O3. The van der Waals surface area contributed by atoms with E-state index in [2.05, 4.69) is 10.2 Å². The molecule has 1 unspecified atom stereocenters. The van der Waals surface area contributed by atoms with E-state index in [-0.39, 0.29) is 12.1 Å². The summed E-state index contributed by atoms with van der Waals surface area (Å²) in [5, 5.41) is 2.72. The highest BCUT2D eigenvalue weighted by Gasteiger charge is 2.17. The van der Waals surface area contributed by atoms with E-state index in [4.69, 9.17) is 15.2 Å². The Kier molecular flexibility index (Phi) is 6.54. The summed E-state index contributed by atoms with van der Waals surface area (Å²) in [6.07, 6.45) is 0.363. The average molecular weight is 273 g/mol. The minimum Gasteiger partial charge on any atom is -0.444 e. The van der Waals surface area contributed by atoms with Crippen LogP contribution in [-0.2, 0) is 9.47 Å². The Morgan fingerprint density at radius 3 is 2.63 bits per heavy atom. The molecule has 112 valence electrons. The molecule has 1 rings (SSSR count). The number of rotatable bonds is 5. The van der Waals surface area contributed by atoms with Gasteiger partial charge in [0.2, 0.25) is 0 Å². The molecule has 19 heavy (non-hydrogen) atoms. The molecule has 1 atom stereocenters. The zero-order chi connectivity index (χ0) is 14.3. The Balaban J connectivity index is 2.09. The Morgan fingerprint density at radius 1 is 1.42 bits per heavy atom. The van der Waals surface area contributed by atoms with Crippen molar-refractivity contribution in [3.8, 4) is 0 Å². The maximum atomic E-state index is 11.4. The second-order valence-electron chi connectivity index (χ2n) is 5.89. The standard InChI is InChI=1S/C13H27N3O3/c1-13(2,3)19-12(17)15-5-4-11(14)10-16-6-8-18-9-7-16/h11H,4-10,14H2,1-3H3,(H,15,17). The lowest BCUT2D eigenvalue weighted by molar-refractivity contribution is 0.0348. The minimum atomic E-state index is -0.458. The SMILES string of the molecule is CC(C)(C)OC(=O)NCCC(N)CN1CCOCC1. The van der Waals surface area contributed by atoms with E-state index in [1.165, 1.54) is 0 Å². The third-order valence-corrected chi connectivity index (χ3v) is 2.78. The molecule has 1 aliphatic rings. The van der Waals surface area contributed by atoms with E-state index in [0.717, 1.165) is 39.3 Å². The van der Waals surface area contributed by atoms with Gasteiger partial charge in [-0.3, -0.25) is 4.90 Å². The summed E-state index contributed by atoms with van der Waals surface area (Å²) in [6.45, 7) is 10.4. The van der Waals surface area contributed by atoms with E-state index in [0.29, 0.717) is 6.54 Å². The molecule has 0 saturated carbocycles. The summed E-state index contributed by atoms with van der Waals surface area (Å²) in [7, 11) is 0. The van der Waals surface area contributed by atoms with Crippen molar-refractivity contribution >= 4 is 6.09 Å². The number of ether oxygens (including phenoxy) is 2. The fourth-order valence-corrected chi connectivity index (χ4v) is 1.88. The largest absolute Gasteiger partial charge is 0.444 e. The molecule has 3 N–H and O–H groups in total. The molecule has 6 heteroatoms. The summed E-state index contributed by atoms with van der Waals surface area (Å²) < 4.78 is 10.4. The normalized spacial score (nSPS) is 18.9. The molecule has 1 saturated heterocycles. The third kappa shape index (κ3) is 8.02. The second kappa shape index (κ2) is 7.67. The zero-order valence-electron chi connectivity index (χ0n) is 12.3. The smallest absolute Gasteiger partial charge is 0.407 e. The van der Waals surface area contributed by atoms with Crippen molar-refractivity contribution in [3.05, 3.63) is 0 Å². The molecule has 1 aliphatic heterocycles. The fourth-order valence-electron chi connectivity index (χ4n) is 1.88. The number of hydrogen-bond acceptors (Lipinski definition) is 5. The first-order valence-electron chi connectivity index (χ1n) is 6.89. The number of hydrogen-bond donors (Lipinski definition) is 2. The van der Waals surface area contributed by atoms with Gasteiger partial charge in [-0.15, -0.1) is 0 Å². The maximum Gasteiger partial charge on any atom is 0.407 e. The lowest BCUT2D eigenvalue weighted by atomic mass is 10.2. The Hall–Kier alpha value is -0.850. The lowest BCUT2D eigenvalue weighted by Crippen LogP contribution is -2.45. The van der Waals surface area contributed by atoms with Crippen LogP contribution >= 0.6 is 0 Å². The van der Waals surface area contributed by atoms with Gasteiger partial charge in [-0.05, 0) is 27.2 Å². The van der Waals surface area contributed by atoms with Gasteiger partial charge in [-0.2, -0.15) is 0 Å².